The number of aryl methyl sites for hydroxylation is 2. The number of H-pyrrole nitrogens is 1. The fourth-order valence-electron chi connectivity index (χ4n) is 3.76. The largest absolute Gasteiger partial charge is 0.369 e. The smallest absolute Gasteiger partial charge is 0.291 e. The van der Waals surface area contributed by atoms with Crippen LogP contribution in [0.3, 0.4) is 0 Å². The number of fused-ring (bicyclic) bond motifs is 3. The van der Waals surface area contributed by atoms with Gasteiger partial charge in [0, 0.05) is 49.6 Å². The number of nitrogens with one attached hydrogen (secondary N) is 1. The number of aromatic amines is 1. The van der Waals surface area contributed by atoms with Gasteiger partial charge in [0.2, 0.25) is 5.91 Å². The zero-order valence-electron chi connectivity index (χ0n) is 16.9. The number of carbonyl (C=O) groups excluding carboxylic acids is 1. The summed E-state index contributed by atoms with van der Waals surface area (Å²) < 4.78 is 5.68. The molecule has 5 aromatic rings. The van der Waals surface area contributed by atoms with E-state index in [-0.39, 0.29) is 18.5 Å². The third kappa shape index (κ3) is 3.30. The molecule has 0 aliphatic carbocycles. The summed E-state index contributed by atoms with van der Waals surface area (Å²) in [5.41, 5.74) is 8.62. The Hall–Kier alpha value is -3.80. The summed E-state index contributed by atoms with van der Waals surface area (Å²) in [5.74, 6) is -0.454. The third-order valence-corrected chi connectivity index (χ3v) is 6.20. The lowest BCUT2D eigenvalue weighted by Crippen LogP contribution is -2.25. The fraction of sp³-hybridized carbons (Fsp3) is 0.263. The molecule has 0 aliphatic rings. The number of nitrogens with two attached hydrogens (primary N) is 1. The minimum atomic E-state index is -0.454. The highest BCUT2D eigenvalue weighted by Gasteiger charge is 2.20. The Kier molecular flexibility index (Phi) is 4.43. The molecule has 0 fully saturated rings. The molecule has 11 nitrogen and oxygen atoms in total. The van der Waals surface area contributed by atoms with Crippen LogP contribution in [-0.4, -0.2) is 45.2 Å². The van der Waals surface area contributed by atoms with E-state index >= 15 is 0 Å². The zero-order valence-corrected chi connectivity index (χ0v) is 17.7. The molecule has 3 N–H and O–H groups in total. The molecule has 0 radical (unpaired) electrons. The minimum absolute atomic E-state index is 0.0586. The van der Waals surface area contributed by atoms with Crippen molar-refractivity contribution in [3.63, 3.8) is 0 Å². The van der Waals surface area contributed by atoms with Crippen LogP contribution in [0.1, 0.15) is 22.0 Å². The molecule has 0 spiro atoms. The van der Waals surface area contributed by atoms with Gasteiger partial charge in [-0.15, -0.1) is 11.3 Å². The molecule has 0 saturated carbocycles. The van der Waals surface area contributed by atoms with Gasteiger partial charge in [-0.1, -0.05) is 0 Å². The monoisotopic (exact) mass is 437 g/mol. The average molecular weight is 437 g/mol. The maximum atomic E-state index is 13.2. The Labute approximate surface area is 179 Å². The summed E-state index contributed by atoms with van der Waals surface area (Å²) in [5, 5.41) is 17.3. The van der Waals surface area contributed by atoms with Crippen LogP contribution in [0.25, 0.3) is 21.3 Å². The first-order valence-corrected chi connectivity index (χ1v) is 10.3. The Morgan fingerprint density at radius 2 is 2.16 bits per heavy atom. The number of hydrogen-bond donors (Lipinski definition) is 2. The zero-order chi connectivity index (χ0) is 21.7. The summed E-state index contributed by atoms with van der Waals surface area (Å²) in [7, 11) is 3.58. The van der Waals surface area contributed by atoms with Crippen LogP contribution in [0.4, 0.5) is 0 Å². The minimum Gasteiger partial charge on any atom is -0.369 e. The summed E-state index contributed by atoms with van der Waals surface area (Å²) in [6, 6.07) is 1.91. The van der Waals surface area contributed by atoms with E-state index in [9.17, 15) is 9.59 Å². The van der Waals surface area contributed by atoms with Crippen LogP contribution in [0.15, 0.2) is 29.5 Å². The van der Waals surface area contributed by atoms with Crippen molar-refractivity contribution in [3.05, 3.63) is 57.0 Å². The van der Waals surface area contributed by atoms with Gasteiger partial charge < -0.3 is 10.3 Å². The number of thiazole rings is 1. The van der Waals surface area contributed by atoms with E-state index in [1.54, 1.807) is 46.2 Å². The second kappa shape index (κ2) is 7.16. The van der Waals surface area contributed by atoms with Crippen molar-refractivity contribution in [1.82, 2.24) is 39.3 Å². The van der Waals surface area contributed by atoms with Gasteiger partial charge >= 0.3 is 0 Å². The normalized spacial score (nSPS) is 11.7. The Balaban J connectivity index is 1.55. The quantitative estimate of drug-likeness (QED) is 0.395. The van der Waals surface area contributed by atoms with Crippen LogP contribution in [0.2, 0.25) is 0 Å². The lowest BCUT2D eigenvalue weighted by molar-refractivity contribution is -0.117. The summed E-state index contributed by atoms with van der Waals surface area (Å²) in [6.45, 7) is 0.148. The van der Waals surface area contributed by atoms with Crippen LogP contribution >= 0.6 is 11.3 Å². The van der Waals surface area contributed by atoms with Crippen LogP contribution < -0.4 is 11.3 Å². The molecule has 0 aliphatic heterocycles. The topological polar surface area (TPSA) is 142 Å². The highest BCUT2D eigenvalue weighted by molar-refractivity contribution is 7.19. The van der Waals surface area contributed by atoms with Gasteiger partial charge in [-0.2, -0.15) is 15.3 Å². The number of aromatic nitrogens is 8. The van der Waals surface area contributed by atoms with Crippen LogP contribution in [0.5, 0.6) is 0 Å². The van der Waals surface area contributed by atoms with Gasteiger partial charge in [-0.3, -0.25) is 19.4 Å². The average Bonchev–Trinajstić information content (AvgIpc) is 3.47. The molecule has 5 rings (SSSR count). The third-order valence-electron chi connectivity index (χ3n) is 5.13. The number of carbonyl (C=O) groups is 1. The van der Waals surface area contributed by atoms with Gasteiger partial charge in [-0.05, 0) is 6.07 Å². The Morgan fingerprint density at radius 3 is 2.90 bits per heavy atom. The maximum Gasteiger partial charge on any atom is 0.291 e. The van der Waals surface area contributed by atoms with E-state index in [1.807, 2.05) is 13.1 Å². The predicted octanol–water partition coefficient (Wildman–Crippen LogP) is 0.468. The summed E-state index contributed by atoms with van der Waals surface area (Å²) in [6.07, 6.45) is 5.83. The van der Waals surface area contributed by atoms with E-state index in [0.717, 1.165) is 26.4 Å². The van der Waals surface area contributed by atoms with Crippen molar-refractivity contribution < 1.29 is 4.79 Å². The Morgan fingerprint density at radius 1 is 1.32 bits per heavy atom. The van der Waals surface area contributed by atoms with Crippen molar-refractivity contribution in [2.45, 2.75) is 19.4 Å². The molecule has 158 valence electrons. The molecule has 0 saturated heterocycles. The van der Waals surface area contributed by atoms with Crippen LogP contribution in [0, 0.1) is 0 Å². The molecule has 5 heterocycles. The molecule has 0 atom stereocenters. The number of rotatable bonds is 6. The van der Waals surface area contributed by atoms with Gasteiger partial charge in [-0.25, -0.2) is 9.67 Å². The SMILES string of the molecule is Cn1cc(CC(N)=O)c(Cn2ncc3c4sc(Cc5ccn[nH]5)nc4n(C)c3c2=O)n1. The lowest BCUT2D eigenvalue weighted by Gasteiger charge is -2.05. The lowest BCUT2D eigenvalue weighted by atomic mass is 10.2. The first-order chi connectivity index (χ1) is 14.9. The van der Waals surface area contributed by atoms with E-state index < -0.39 is 5.91 Å². The number of hydrogen-bond acceptors (Lipinski definition) is 7. The van der Waals surface area contributed by atoms with Gasteiger partial charge in [0.25, 0.3) is 5.56 Å². The molecule has 0 bridgehead atoms. The number of amides is 1. The molecule has 31 heavy (non-hydrogen) atoms. The highest BCUT2D eigenvalue weighted by Crippen LogP contribution is 2.31. The van der Waals surface area contributed by atoms with E-state index in [0.29, 0.717) is 23.2 Å². The molecule has 0 unspecified atom stereocenters. The van der Waals surface area contributed by atoms with Crippen molar-refractivity contribution in [2.75, 3.05) is 0 Å². The highest BCUT2D eigenvalue weighted by atomic mass is 32.1. The number of nitrogens with zero attached hydrogens (tertiary/aromatic N) is 7. The first kappa shape index (κ1) is 19.2. The molecule has 12 heteroatoms. The molecule has 0 aromatic carbocycles. The molecular weight excluding hydrogens is 418 g/mol. The first-order valence-electron chi connectivity index (χ1n) is 9.52. The second-order valence-corrected chi connectivity index (χ2v) is 8.45. The predicted molar refractivity (Wildman–Crippen MR) is 115 cm³/mol. The van der Waals surface area contributed by atoms with Gasteiger partial charge in [0.15, 0.2) is 5.65 Å². The van der Waals surface area contributed by atoms with E-state index in [2.05, 4.69) is 20.4 Å². The summed E-state index contributed by atoms with van der Waals surface area (Å²) in [4.78, 5) is 29.3. The fourth-order valence-corrected chi connectivity index (χ4v) is 4.89. The van der Waals surface area contributed by atoms with Crippen molar-refractivity contribution in [2.24, 2.45) is 19.8 Å². The van der Waals surface area contributed by atoms with Gasteiger partial charge in [0.1, 0.15) is 10.5 Å². The molecule has 1 amide bonds. The van der Waals surface area contributed by atoms with Crippen LogP contribution in [-0.2, 0) is 38.3 Å². The van der Waals surface area contributed by atoms with Crippen molar-refractivity contribution >= 4 is 38.5 Å². The van der Waals surface area contributed by atoms with Crippen molar-refractivity contribution in [3.8, 4) is 0 Å². The maximum absolute atomic E-state index is 13.2. The van der Waals surface area contributed by atoms with E-state index in [1.165, 1.54) is 4.68 Å². The summed E-state index contributed by atoms with van der Waals surface area (Å²) >= 11 is 1.54. The second-order valence-electron chi connectivity index (χ2n) is 7.37. The number of primary amides is 1. The standard InChI is InChI=1S/C19H19N9O2S/c1-26-8-10(5-14(20)29)13(25-26)9-28-19(30)16-12(7-22-28)17-18(27(16)2)23-15(31-17)6-11-3-4-21-24-11/h3-4,7-8H,5-6,9H2,1-2H3,(H2,20,29)(H,21,24). The van der Waals surface area contributed by atoms with E-state index in [4.69, 9.17) is 10.7 Å². The molecule has 5 aromatic heterocycles. The van der Waals surface area contributed by atoms with Crippen molar-refractivity contribution in [1.29, 1.82) is 0 Å². The van der Waals surface area contributed by atoms with Gasteiger partial charge in [0.05, 0.1) is 29.6 Å². The Bertz CT molecular complexity index is 1490. The molecular formula is C19H19N9O2S.